The summed E-state index contributed by atoms with van der Waals surface area (Å²) >= 11 is 0. The lowest BCUT2D eigenvalue weighted by Crippen LogP contribution is -2.56. The van der Waals surface area contributed by atoms with Crippen molar-refractivity contribution in [2.24, 2.45) is 5.92 Å². The highest BCUT2D eigenvalue weighted by Gasteiger charge is 2.55. The molecule has 2 heteroatoms. The zero-order chi connectivity index (χ0) is 13.5. The topological polar surface area (TPSA) is 23.5 Å². The molecule has 3 aliphatic rings. The summed E-state index contributed by atoms with van der Waals surface area (Å²) < 4.78 is 0. The van der Waals surface area contributed by atoms with Gasteiger partial charge in [0.1, 0.15) is 0 Å². The van der Waals surface area contributed by atoms with E-state index in [2.05, 4.69) is 19.9 Å². The van der Waals surface area contributed by atoms with Gasteiger partial charge in [-0.25, -0.2) is 0 Å². The smallest absolute Gasteiger partial charge is 0.0682 e. The summed E-state index contributed by atoms with van der Waals surface area (Å²) in [7, 11) is 0. The van der Waals surface area contributed by atoms with Crippen LogP contribution in [0.3, 0.4) is 0 Å². The third-order valence-corrected chi connectivity index (χ3v) is 5.81. The molecule has 2 spiro atoms. The summed E-state index contributed by atoms with van der Waals surface area (Å²) in [4.78, 5) is 0. The van der Waals surface area contributed by atoms with E-state index in [1.807, 2.05) is 5.06 Å². The maximum atomic E-state index is 11.1. The normalized spacial score (nSPS) is 30.2. The maximum Gasteiger partial charge on any atom is 0.0682 e. The van der Waals surface area contributed by atoms with Crippen molar-refractivity contribution in [3.63, 3.8) is 0 Å². The van der Waals surface area contributed by atoms with Crippen molar-refractivity contribution in [1.82, 2.24) is 5.06 Å². The molecule has 2 fully saturated rings. The van der Waals surface area contributed by atoms with E-state index in [1.54, 1.807) is 0 Å². The van der Waals surface area contributed by atoms with Crippen LogP contribution in [-0.4, -0.2) is 21.3 Å². The molecular weight excluding hydrogens is 234 g/mol. The minimum Gasteiger partial charge on any atom is -0.312 e. The molecule has 2 nitrogen and oxygen atoms in total. The second-order valence-electron chi connectivity index (χ2n) is 7.32. The predicted octanol–water partition coefficient (Wildman–Crippen LogP) is 4.68. The highest BCUT2D eigenvalue weighted by atomic mass is 16.5. The number of rotatable bonds is 1. The third-order valence-electron chi connectivity index (χ3n) is 5.81. The minimum absolute atomic E-state index is 0.0102. The quantitative estimate of drug-likeness (QED) is 0.694. The molecule has 108 valence electrons. The maximum absolute atomic E-state index is 11.1. The monoisotopic (exact) mass is 263 g/mol. The van der Waals surface area contributed by atoms with Gasteiger partial charge in [0.15, 0.2) is 0 Å². The SMILES string of the molecule is CC(C)C1=CC2(CCCCC2)N(O)C12CCCCC2. The lowest BCUT2D eigenvalue weighted by Gasteiger charge is -2.48. The molecule has 19 heavy (non-hydrogen) atoms. The first-order valence-corrected chi connectivity index (χ1v) is 8.33. The van der Waals surface area contributed by atoms with Gasteiger partial charge in [-0.1, -0.05) is 58.4 Å². The molecule has 1 aliphatic heterocycles. The van der Waals surface area contributed by atoms with Gasteiger partial charge in [0.25, 0.3) is 0 Å². The van der Waals surface area contributed by atoms with E-state index < -0.39 is 0 Å². The average Bonchev–Trinajstić information content (AvgIpc) is 2.65. The van der Waals surface area contributed by atoms with Gasteiger partial charge in [-0.15, -0.1) is 0 Å². The Kier molecular flexibility index (Phi) is 3.51. The number of hydroxylamine groups is 2. The summed E-state index contributed by atoms with van der Waals surface area (Å²) in [5.74, 6) is 0.564. The van der Waals surface area contributed by atoms with Gasteiger partial charge in [0.2, 0.25) is 0 Å². The Morgan fingerprint density at radius 3 is 2.00 bits per heavy atom. The lowest BCUT2D eigenvalue weighted by atomic mass is 9.74. The Hall–Kier alpha value is -0.340. The van der Waals surface area contributed by atoms with Gasteiger partial charge >= 0.3 is 0 Å². The van der Waals surface area contributed by atoms with Gasteiger partial charge in [-0.05, 0) is 37.2 Å². The summed E-state index contributed by atoms with van der Waals surface area (Å²) in [5, 5.41) is 12.9. The molecule has 0 atom stereocenters. The van der Waals surface area contributed by atoms with Crippen LogP contribution < -0.4 is 0 Å². The van der Waals surface area contributed by atoms with Crippen molar-refractivity contribution in [3.8, 4) is 0 Å². The number of nitrogens with zero attached hydrogens (tertiary/aromatic N) is 1. The molecule has 0 unspecified atom stereocenters. The van der Waals surface area contributed by atoms with Crippen LogP contribution in [0.5, 0.6) is 0 Å². The molecule has 3 rings (SSSR count). The van der Waals surface area contributed by atoms with Gasteiger partial charge in [0.05, 0.1) is 11.1 Å². The fraction of sp³-hybridized carbons (Fsp3) is 0.882. The zero-order valence-electron chi connectivity index (χ0n) is 12.6. The Morgan fingerprint density at radius 1 is 0.947 bits per heavy atom. The highest BCUT2D eigenvalue weighted by Crippen LogP contribution is 2.53. The second-order valence-corrected chi connectivity index (χ2v) is 7.32. The van der Waals surface area contributed by atoms with Crippen LogP contribution in [0.2, 0.25) is 0 Å². The van der Waals surface area contributed by atoms with E-state index in [0.717, 1.165) is 25.7 Å². The van der Waals surface area contributed by atoms with Crippen LogP contribution in [-0.2, 0) is 0 Å². The van der Waals surface area contributed by atoms with Crippen molar-refractivity contribution in [3.05, 3.63) is 11.6 Å². The molecule has 0 bridgehead atoms. The predicted molar refractivity (Wildman–Crippen MR) is 78.2 cm³/mol. The van der Waals surface area contributed by atoms with Crippen LogP contribution in [0.25, 0.3) is 0 Å². The third kappa shape index (κ3) is 1.99. The summed E-state index contributed by atoms with van der Waals surface area (Å²) in [5.41, 5.74) is 1.51. The van der Waals surface area contributed by atoms with E-state index in [-0.39, 0.29) is 11.1 Å². The van der Waals surface area contributed by atoms with Crippen LogP contribution in [0, 0.1) is 5.92 Å². The van der Waals surface area contributed by atoms with Gasteiger partial charge in [-0.2, -0.15) is 5.06 Å². The largest absolute Gasteiger partial charge is 0.312 e. The molecule has 0 aromatic heterocycles. The standard InChI is InChI=1S/C17H29NO/c1-14(2)15-13-16(9-5-3-6-10-16)18(19)17(15)11-7-4-8-12-17/h13-14,19H,3-12H2,1-2H3. The lowest BCUT2D eigenvalue weighted by molar-refractivity contribution is -0.221. The minimum atomic E-state index is -0.0187. The van der Waals surface area contributed by atoms with E-state index in [1.165, 1.54) is 44.1 Å². The molecule has 2 saturated carbocycles. The molecule has 0 amide bonds. The van der Waals surface area contributed by atoms with Crippen molar-refractivity contribution in [2.75, 3.05) is 0 Å². The highest BCUT2D eigenvalue weighted by molar-refractivity contribution is 5.35. The van der Waals surface area contributed by atoms with E-state index in [9.17, 15) is 5.21 Å². The molecule has 0 aromatic carbocycles. The van der Waals surface area contributed by atoms with Crippen LogP contribution in [0.1, 0.15) is 78.1 Å². The van der Waals surface area contributed by atoms with Crippen molar-refractivity contribution < 1.29 is 5.21 Å². The van der Waals surface area contributed by atoms with Crippen molar-refractivity contribution in [2.45, 2.75) is 89.1 Å². The van der Waals surface area contributed by atoms with Crippen LogP contribution in [0.15, 0.2) is 11.6 Å². The first-order chi connectivity index (χ1) is 9.11. The number of hydrogen-bond acceptors (Lipinski definition) is 2. The van der Waals surface area contributed by atoms with E-state index in [0.29, 0.717) is 5.92 Å². The van der Waals surface area contributed by atoms with Crippen molar-refractivity contribution >= 4 is 0 Å². The Morgan fingerprint density at radius 2 is 1.47 bits per heavy atom. The fourth-order valence-electron chi connectivity index (χ4n) is 4.89. The van der Waals surface area contributed by atoms with Gasteiger partial charge in [-0.3, -0.25) is 0 Å². The molecule has 1 heterocycles. The number of hydrogen-bond donors (Lipinski definition) is 1. The van der Waals surface area contributed by atoms with Crippen molar-refractivity contribution in [1.29, 1.82) is 0 Å². The molecule has 0 radical (unpaired) electrons. The zero-order valence-corrected chi connectivity index (χ0v) is 12.6. The Bertz CT molecular complexity index is 359. The Labute approximate surface area is 117 Å². The van der Waals surface area contributed by atoms with E-state index >= 15 is 0 Å². The summed E-state index contributed by atoms with van der Waals surface area (Å²) in [6.07, 6.45) is 14.9. The Balaban J connectivity index is 1.98. The van der Waals surface area contributed by atoms with Gasteiger partial charge < -0.3 is 5.21 Å². The molecular formula is C17H29NO. The summed E-state index contributed by atoms with van der Waals surface area (Å²) in [6, 6.07) is 0. The molecule has 2 aliphatic carbocycles. The van der Waals surface area contributed by atoms with Crippen LogP contribution >= 0.6 is 0 Å². The molecule has 0 saturated heterocycles. The average molecular weight is 263 g/mol. The summed E-state index contributed by atoms with van der Waals surface area (Å²) in [6.45, 7) is 4.61. The van der Waals surface area contributed by atoms with E-state index in [4.69, 9.17) is 0 Å². The first-order valence-electron chi connectivity index (χ1n) is 8.33. The molecule has 1 N–H and O–H groups in total. The first kappa shape index (κ1) is 13.6. The molecule has 0 aromatic rings. The van der Waals surface area contributed by atoms with Gasteiger partial charge in [0, 0.05) is 0 Å². The van der Waals surface area contributed by atoms with Crippen LogP contribution in [0.4, 0.5) is 0 Å². The fourth-order valence-corrected chi connectivity index (χ4v) is 4.89. The second kappa shape index (κ2) is 4.89.